The average Bonchev–Trinajstić information content (AvgIpc) is 2.30. The summed E-state index contributed by atoms with van der Waals surface area (Å²) in [5.41, 5.74) is 0.104. The maximum atomic E-state index is 11.4. The molecule has 0 fully saturated rings. The largest absolute Gasteiger partial charge is 0.478 e. The van der Waals surface area contributed by atoms with E-state index in [1.807, 2.05) is 0 Å². The topological polar surface area (TPSA) is 78.4 Å². The summed E-state index contributed by atoms with van der Waals surface area (Å²) < 4.78 is 0. The number of carboxylic acid groups (broad SMARTS) is 1. The zero-order valence-corrected chi connectivity index (χ0v) is 10.7. The maximum Gasteiger partial charge on any atom is 0.335 e. The number of nitrogens with one attached hydrogen (secondary N) is 2. The Labute approximate surface area is 113 Å². The first-order valence-electron chi connectivity index (χ1n) is 4.83. The van der Waals surface area contributed by atoms with Crippen LogP contribution in [-0.2, 0) is 0 Å². The number of carbonyl (C=O) groups excluding carboxylic acids is 1. The van der Waals surface area contributed by atoms with Crippen LogP contribution in [0.4, 0.5) is 10.5 Å². The summed E-state index contributed by atoms with van der Waals surface area (Å²) in [6, 6.07) is 1.90. The molecule has 1 rings (SSSR count). The predicted molar refractivity (Wildman–Crippen MR) is 70.6 cm³/mol. The van der Waals surface area contributed by atoms with E-state index in [0.717, 1.165) is 0 Å². The van der Waals surface area contributed by atoms with E-state index < -0.39 is 12.0 Å². The fourth-order valence-corrected chi connectivity index (χ4v) is 1.72. The van der Waals surface area contributed by atoms with Gasteiger partial charge in [-0.15, -0.1) is 6.58 Å². The van der Waals surface area contributed by atoms with Gasteiger partial charge in [0.1, 0.15) is 0 Å². The summed E-state index contributed by atoms with van der Waals surface area (Å²) in [6.07, 6.45) is 1.51. The second-order valence-electron chi connectivity index (χ2n) is 3.24. The quantitative estimate of drug-likeness (QED) is 0.745. The maximum absolute atomic E-state index is 11.4. The van der Waals surface area contributed by atoms with Crippen LogP contribution in [0.5, 0.6) is 0 Å². The smallest absolute Gasteiger partial charge is 0.335 e. The highest BCUT2D eigenvalue weighted by atomic mass is 35.5. The molecule has 0 saturated heterocycles. The molecule has 1 aromatic rings. The Balaban J connectivity index is 2.93. The Kier molecular flexibility index (Phi) is 5.00. The molecule has 2 amide bonds. The van der Waals surface area contributed by atoms with Gasteiger partial charge in [-0.1, -0.05) is 29.3 Å². The summed E-state index contributed by atoms with van der Waals surface area (Å²) in [4.78, 5) is 22.1. The molecule has 0 atom stereocenters. The molecular weight excluding hydrogens is 279 g/mol. The number of aromatic carboxylic acids is 1. The van der Waals surface area contributed by atoms with E-state index in [1.165, 1.54) is 18.2 Å². The van der Waals surface area contributed by atoms with E-state index in [0.29, 0.717) is 0 Å². The first kappa shape index (κ1) is 14.3. The van der Waals surface area contributed by atoms with E-state index in [4.69, 9.17) is 28.3 Å². The molecule has 0 saturated carbocycles. The summed E-state index contributed by atoms with van der Waals surface area (Å²) in [5.74, 6) is -1.15. The van der Waals surface area contributed by atoms with Gasteiger partial charge in [-0.2, -0.15) is 0 Å². The van der Waals surface area contributed by atoms with Gasteiger partial charge < -0.3 is 15.7 Å². The second kappa shape index (κ2) is 6.28. The molecule has 3 N–H and O–H groups in total. The van der Waals surface area contributed by atoms with Gasteiger partial charge >= 0.3 is 12.0 Å². The zero-order chi connectivity index (χ0) is 13.7. The van der Waals surface area contributed by atoms with Crippen LogP contribution in [0.25, 0.3) is 0 Å². The molecule has 0 bridgehead atoms. The van der Waals surface area contributed by atoms with Crippen molar-refractivity contribution in [3.05, 3.63) is 40.4 Å². The van der Waals surface area contributed by atoms with Gasteiger partial charge in [0.2, 0.25) is 0 Å². The van der Waals surface area contributed by atoms with E-state index in [2.05, 4.69) is 17.2 Å². The lowest BCUT2D eigenvalue weighted by Gasteiger charge is -2.10. The molecule has 96 valence electrons. The molecule has 0 aromatic heterocycles. The molecule has 0 heterocycles. The fraction of sp³-hybridized carbons (Fsp3) is 0.0909. The van der Waals surface area contributed by atoms with Crippen molar-refractivity contribution in [2.45, 2.75) is 0 Å². The van der Waals surface area contributed by atoms with Gasteiger partial charge in [0.15, 0.2) is 0 Å². The van der Waals surface area contributed by atoms with Crippen molar-refractivity contribution < 1.29 is 14.7 Å². The van der Waals surface area contributed by atoms with Crippen LogP contribution in [0, 0.1) is 0 Å². The van der Waals surface area contributed by atoms with Gasteiger partial charge in [-0.05, 0) is 12.1 Å². The highest BCUT2D eigenvalue weighted by Gasteiger charge is 2.13. The molecule has 0 aliphatic heterocycles. The van der Waals surface area contributed by atoms with Crippen LogP contribution in [0.3, 0.4) is 0 Å². The second-order valence-corrected chi connectivity index (χ2v) is 4.06. The van der Waals surface area contributed by atoms with E-state index in [9.17, 15) is 9.59 Å². The number of hydrogen-bond acceptors (Lipinski definition) is 2. The Morgan fingerprint density at radius 2 is 1.89 bits per heavy atom. The zero-order valence-electron chi connectivity index (χ0n) is 9.17. The molecule has 7 heteroatoms. The van der Waals surface area contributed by atoms with Crippen LogP contribution < -0.4 is 10.6 Å². The van der Waals surface area contributed by atoms with Gasteiger partial charge in [-0.3, -0.25) is 0 Å². The summed E-state index contributed by atoms with van der Waals surface area (Å²) in [6.45, 7) is 3.73. The van der Waals surface area contributed by atoms with Crippen LogP contribution >= 0.6 is 23.2 Å². The lowest BCUT2D eigenvalue weighted by atomic mass is 10.2. The van der Waals surface area contributed by atoms with Crippen LogP contribution in [-0.4, -0.2) is 23.7 Å². The fourth-order valence-electron chi connectivity index (χ4n) is 1.14. The Bertz CT molecular complexity index is 480. The van der Waals surface area contributed by atoms with Crippen molar-refractivity contribution in [1.82, 2.24) is 5.32 Å². The van der Waals surface area contributed by atoms with Crippen LogP contribution in [0.1, 0.15) is 10.4 Å². The number of hydrogen-bond donors (Lipinski definition) is 3. The number of carboxylic acids is 1. The lowest BCUT2D eigenvalue weighted by molar-refractivity contribution is 0.0697. The molecule has 0 aliphatic rings. The van der Waals surface area contributed by atoms with Crippen molar-refractivity contribution >= 4 is 40.9 Å². The van der Waals surface area contributed by atoms with Crippen molar-refractivity contribution in [1.29, 1.82) is 0 Å². The van der Waals surface area contributed by atoms with E-state index >= 15 is 0 Å². The van der Waals surface area contributed by atoms with Gasteiger partial charge in [-0.25, -0.2) is 9.59 Å². The molecular formula is C11H10Cl2N2O3. The minimum absolute atomic E-state index is 0.0497. The number of amides is 2. The Hall–Kier alpha value is -1.72. The SMILES string of the molecule is C=CCNC(=O)Nc1c(Cl)cc(C(=O)O)cc1Cl. The van der Waals surface area contributed by atoms with E-state index in [-0.39, 0.29) is 27.8 Å². The molecule has 5 nitrogen and oxygen atoms in total. The molecule has 1 aromatic carbocycles. The highest BCUT2D eigenvalue weighted by Crippen LogP contribution is 2.31. The summed E-state index contributed by atoms with van der Waals surface area (Å²) >= 11 is 11.7. The molecule has 18 heavy (non-hydrogen) atoms. The van der Waals surface area contributed by atoms with Crippen molar-refractivity contribution in [2.24, 2.45) is 0 Å². The monoisotopic (exact) mass is 288 g/mol. The summed E-state index contributed by atoms with van der Waals surface area (Å²) in [5, 5.41) is 13.8. The normalized spacial score (nSPS) is 9.67. The Morgan fingerprint density at radius 1 is 1.33 bits per heavy atom. The van der Waals surface area contributed by atoms with Gasteiger partial charge in [0.05, 0.1) is 21.3 Å². The van der Waals surface area contributed by atoms with Crippen molar-refractivity contribution in [3.63, 3.8) is 0 Å². The first-order chi connectivity index (χ1) is 8.45. The number of carbonyl (C=O) groups is 2. The molecule has 0 radical (unpaired) electrons. The third kappa shape index (κ3) is 3.65. The van der Waals surface area contributed by atoms with Gasteiger partial charge in [0, 0.05) is 6.54 Å². The minimum Gasteiger partial charge on any atom is -0.478 e. The number of urea groups is 1. The molecule has 0 aliphatic carbocycles. The predicted octanol–water partition coefficient (Wildman–Crippen LogP) is 3.00. The first-order valence-corrected chi connectivity index (χ1v) is 5.59. The van der Waals surface area contributed by atoms with Crippen molar-refractivity contribution in [3.8, 4) is 0 Å². The summed E-state index contributed by atoms with van der Waals surface area (Å²) in [7, 11) is 0. The van der Waals surface area contributed by atoms with Crippen LogP contribution in [0.15, 0.2) is 24.8 Å². The average molecular weight is 289 g/mol. The number of benzene rings is 1. The third-order valence-electron chi connectivity index (χ3n) is 1.93. The van der Waals surface area contributed by atoms with Crippen molar-refractivity contribution in [2.75, 3.05) is 11.9 Å². The number of anilines is 1. The molecule has 0 unspecified atom stereocenters. The standard InChI is InChI=1S/C11H10Cl2N2O3/c1-2-3-14-11(18)15-9-7(12)4-6(10(16)17)5-8(9)13/h2,4-5H,1,3H2,(H,16,17)(H2,14,15,18). The van der Waals surface area contributed by atoms with Crippen LogP contribution in [0.2, 0.25) is 10.0 Å². The Morgan fingerprint density at radius 3 is 2.33 bits per heavy atom. The van der Waals surface area contributed by atoms with E-state index in [1.54, 1.807) is 0 Å². The number of rotatable bonds is 4. The molecule has 0 spiro atoms. The minimum atomic E-state index is -1.15. The van der Waals surface area contributed by atoms with Gasteiger partial charge in [0.25, 0.3) is 0 Å². The lowest BCUT2D eigenvalue weighted by Crippen LogP contribution is -2.28. The number of halogens is 2. The highest BCUT2D eigenvalue weighted by molar-refractivity contribution is 6.40. The third-order valence-corrected chi connectivity index (χ3v) is 2.53.